The van der Waals surface area contributed by atoms with Crippen LogP contribution in [0.4, 0.5) is 0 Å². The van der Waals surface area contributed by atoms with Crippen LogP contribution in [-0.4, -0.2) is 39.9 Å². The Morgan fingerprint density at radius 3 is 2.58 bits per heavy atom. The molecular weight excluding hydrogens is 384 g/mol. The standard InChI is InChI=1S/C26H30N4O/c1-20(2)29-25(31)26(10-14-30(19-26)18-21-8-12-27-13-9-21)16-22-5-3-6-23(15-22)24-7-4-11-28-17-24/h3-9,11-13,15,17,20H,10,14,16,18-19H2,1-2H3,(H,29,31)/t26-/m1/s1. The number of pyridine rings is 2. The highest BCUT2D eigenvalue weighted by Crippen LogP contribution is 2.36. The molecular formula is C26H30N4O. The summed E-state index contributed by atoms with van der Waals surface area (Å²) in [6.45, 7) is 6.56. The minimum Gasteiger partial charge on any atom is -0.353 e. The van der Waals surface area contributed by atoms with Crippen molar-refractivity contribution in [2.24, 2.45) is 5.41 Å². The molecule has 1 amide bonds. The van der Waals surface area contributed by atoms with Crippen LogP contribution in [-0.2, 0) is 17.8 Å². The third-order valence-corrected chi connectivity index (χ3v) is 5.95. The van der Waals surface area contributed by atoms with Crippen molar-refractivity contribution >= 4 is 5.91 Å². The number of hydrogen-bond donors (Lipinski definition) is 1. The van der Waals surface area contributed by atoms with Crippen molar-refractivity contribution in [3.05, 3.63) is 84.4 Å². The van der Waals surface area contributed by atoms with E-state index in [4.69, 9.17) is 0 Å². The summed E-state index contributed by atoms with van der Waals surface area (Å²) in [5.74, 6) is 0.159. The van der Waals surface area contributed by atoms with Crippen LogP contribution in [0.1, 0.15) is 31.4 Å². The van der Waals surface area contributed by atoms with Crippen LogP contribution in [0.5, 0.6) is 0 Å². The van der Waals surface area contributed by atoms with E-state index in [-0.39, 0.29) is 11.9 Å². The van der Waals surface area contributed by atoms with E-state index in [1.807, 2.05) is 50.6 Å². The van der Waals surface area contributed by atoms with E-state index in [1.165, 1.54) is 11.1 Å². The van der Waals surface area contributed by atoms with E-state index in [0.717, 1.165) is 43.6 Å². The first-order valence-electron chi connectivity index (χ1n) is 11.0. The zero-order valence-corrected chi connectivity index (χ0v) is 18.3. The SMILES string of the molecule is CC(C)NC(=O)[C@@]1(Cc2cccc(-c3cccnc3)c2)CCN(Cc2ccncc2)C1. The molecule has 1 saturated heterocycles. The molecule has 2 aromatic heterocycles. The van der Waals surface area contributed by atoms with Gasteiger partial charge in [0, 0.05) is 43.9 Å². The number of aromatic nitrogens is 2. The van der Waals surface area contributed by atoms with Crippen molar-refractivity contribution < 1.29 is 4.79 Å². The van der Waals surface area contributed by atoms with E-state index in [0.29, 0.717) is 0 Å². The molecule has 1 aliphatic heterocycles. The molecule has 31 heavy (non-hydrogen) atoms. The molecule has 5 heteroatoms. The molecule has 4 rings (SSSR count). The maximum atomic E-state index is 13.4. The number of rotatable bonds is 7. The Balaban J connectivity index is 1.57. The van der Waals surface area contributed by atoms with E-state index in [1.54, 1.807) is 6.20 Å². The zero-order chi connectivity index (χ0) is 21.7. The Bertz CT molecular complexity index is 1010. The Hall–Kier alpha value is -3.05. The molecule has 0 radical (unpaired) electrons. The maximum absolute atomic E-state index is 13.4. The molecule has 1 atom stereocenters. The van der Waals surface area contributed by atoms with Crippen molar-refractivity contribution in [1.29, 1.82) is 0 Å². The van der Waals surface area contributed by atoms with Gasteiger partial charge < -0.3 is 5.32 Å². The second-order valence-corrected chi connectivity index (χ2v) is 8.84. The van der Waals surface area contributed by atoms with Gasteiger partial charge in [-0.05, 0) is 73.7 Å². The number of nitrogens with one attached hydrogen (secondary N) is 1. The van der Waals surface area contributed by atoms with Gasteiger partial charge in [0.25, 0.3) is 0 Å². The molecule has 1 fully saturated rings. The fraction of sp³-hybridized carbons (Fsp3) is 0.346. The Morgan fingerprint density at radius 2 is 1.84 bits per heavy atom. The van der Waals surface area contributed by atoms with E-state index >= 15 is 0 Å². The van der Waals surface area contributed by atoms with Crippen molar-refractivity contribution in [2.75, 3.05) is 13.1 Å². The Morgan fingerprint density at radius 1 is 1.03 bits per heavy atom. The summed E-state index contributed by atoms with van der Waals surface area (Å²) in [6.07, 6.45) is 8.91. The molecule has 0 bridgehead atoms. The number of benzene rings is 1. The number of amides is 1. The quantitative estimate of drug-likeness (QED) is 0.632. The average molecular weight is 415 g/mol. The average Bonchev–Trinajstić information content (AvgIpc) is 3.18. The van der Waals surface area contributed by atoms with E-state index in [9.17, 15) is 4.79 Å². The van der Waals surface area contributed by atoms with Crippen LogP contribution in [0.2, 0.25) is 0 Å². The number of likely N-dealkylation sites (tertiary alicyclic amines) is 1. The predicted octanol–water partition coefficient (Wildman–Crippen LogP) is 4.10. The molecule has 3 heterocycles. The second kappa shape index (κ2) is 9.40. The van der Waals surface area contributed by atoms with Gasteiger partial charge in [-0.15, -0.1) is 0 Å². The van der Waals surface area contributed by atoms with Crippen molar-refractivity contribution in [3.8, 4) is 11.1 Å². The van der Waals surface area contributed by atoms with Gasteiger partial charge >= 0.3 is 0 Å². The van der Waals surface area contributed by atoms with Crippen molar-refractivity contribution in [2.45, 2.75) is 39.3 Å². The lowest BCUT2D eigenvalue weighted by Crippen LogP contribution is -2.46. The van der Waals surface area contributed by atoms with Crippen LogP contribution in [0, 0.1) is 5.41 Å². The number of carbonyl (C=O) groups excluding carboxylic acids is 1. The fourth-order valence-electron chi connectivity index (χ4n) is 4.45. The highest BCUT2D eigenvalue weighted by atomic mass is 16.2. The van der Waals surface area contributed by atoms with Crippen molar-refractivity contribution in [1.82, 2.24) is 20.2 Å². The molecule has 1 aliphatic rings. The fourth-order valence-corrected chi connectivity index (χ4v) is 4.45. The lowest BCUT2D eigenvalue weighted by atomic mass is 9.79. The molecule has 0 aliphatic carbocycles. The zero-order valence-electron chi connectivity index (χ0n) is 18.3. The van der Waals surface area contributed by atoms with Gasteiger partial charge in [0.15, 0.2) is 0 Å². The van der Waals surface area contributed by atoms with Gasteiger partial charge in [-0.3, -0.25) is 19.7 Å². The summed E-state index contributed by atoms with van der Waals surface area (Å²) >= 11 is 0. The number of carbonyl (C=O) groups is 1. The monoisotopic (exact) mass is 414 g/mol. The summed E-state index contributed by atoms with van der Waals surface area (Å²) in [5, 5.41) is 3.19. The van der Waals surface area contributed by atoms with Gasteiger partial charge in [0.1, 0.15) is 0 Å². The highest BCUT2D eigenvalue weighted by Gasteiger charge is 2.44. The lowest BCUT2D eigenvalue weighted by molar-refractivity contribution is -0.131. The third-order valence-electron chi connectivity index (χ3n) is 5.95. The highest BCUT2D eigenvalue weighted by molar-refractivity contribution is 5.84. The maximum Gasteiger partial charge on any atom is 0.228 e. The molecule has 0 spiro atoms. The lowest BCUT2D eigenvalue weighted by Gasteiger charge is -2.30. The molecule has 1 aromatic carbocycles. The van der Waals surface area contributed by atoms with Gasteiger partial charge in [-0.1, -0.05) is 30.3 Å². The largest absolute Gasteiger partial charge is 0.353 e. The summed E-state index contributed by atoms with van der Waals surface area (Å²) < 4.78 is 0. The van der Waals surface area contributed by atoms with Crippen LogP contribution in [0.15, 0.2) is 73.3 Å². The third kappa shape index (κ3) is 5.17. The minimum absolute atomic E-state index is 0.125. The molecule has 0 saturated carbocycles. The first-order chi connectivity index (χ1) is 15.0. The Labute approximate surface area is 184 Å². The number of hydrogen-bond acceptors (Lipinski definition) is 4. The topological polar surface area (TPSA) is 58.1 Å². The number of nitrogens with zero attached hydrogens (tertiary/aromatic N) is 3. The van der Waals surface area contributed by atoms with E-state index in [2.05, 4.69) is 50.5 Å². The van der Waals surface area contributed by atoms with Crippen LogP contribution >= 0.6 is 0 Å². The summed E-state index contributed by atoms with van der Waals surface area (Å²) in [4.78, 5) is 24.1. The molecule has 5 nitrogen and oxygen atoms in total. The molecule has 1 N–H and O–H groups in total. The van der Waals surface area contributed by atoms with Crippen molar-refractivity contribution in [3.63, 3.8) is 0 Å². The molecule has 0 unspecified atom stereocenters. The van der Waals surface area contributed by atoms with Gasteiger partial charge in [-0.25, -0.2) is 0 Å². The molecule has 160 valence electrons. The van der Waals surface area contributed by atoms with E-state index < -0.39 is 5.41 Å². The van der Waals surface area contributed by atoms with Gasteiger partial charge in [0.2, 0.25) is 5.91 Å². The first kappa shape index (κ1) is 21.2. The van der Waals surface area contributed by atoms with Gasteiger partial charge in [0.05, 0.1) is 5.41 Å². The Kier molecular flexibility index (Phi) is 6.42. The minimum atomic E-state index is -0.426. The summed E-state index contributed by atoms with van der Waals surface area (Å²) in [5.41, 5.74) is 4.22. The smallest absolute Gasteiger partial charge is 0.228 e. The van der Waals surface area contributed by atoms with Gasteiger partial charge in [-0.2, -0.15) is 0 Å². The predicted molar refractivity (Wildman–Crippen MR) is 123 cm³/mol. The summed E-state index contributed by atoms with van der Waals surface area (Å²) in [7, 11) is 0. The van der Waals surface area contributed by atoms with Crippen LogP contribution < -0.4 is 5.32 Å². The van der Waals surface area contributed by atoms with Crippen LogP contribution in [0.3, 0.4) is 0 Å². The molecule has 3 aromatic rings. The second-order valence-electron chi connectivity index (χ2n) is 8.84. The van der Waals surface area contributed by atoms with Crippen LogP contribution in [0.25, 0.3) is 11.1 Å². The normalized spacial score (nSPS) is 18.9. The first-order valence-corrected chi connectivity index (χ1v) is 11.0. The summed E-state index contributed by atoms with van der Waals surface area (Å²) in [6, 6.07) is 16.8.